The average Bonchev–Trinajstić information content (AvgIpc) is 3.44. The molecule has 180 valence electrons. The number of carboxylic acid groups (broad SMARTS) is 2. The Morgan fingerprint density at radius 1 is 0.647 bits per heavy atom. The number of hydrogen-bond donors (Lipinski definition) is 2. The predicted molar refractivity (Wildman–Crippen MR) is 122 cm³/mol. The SMILES string of the molecule is CCOC(=O)/C=C/c1ccc(/C=C/C(=O)OCC)o1.O=C(O)/C=C/c1ccc(/C=C/C(=O)O)o1. The van der Waals surface area contributed by atoms with Crippen LogP contribution in [0.1, 0.15) is 36.9 Å². The molecule has 0 bridgehead atoms. The third-order valence-corrected chi connectivity index (χ3v) is 3.42. The van der Waals surface area contributed by atoms with Gasteiger partial charge in [0.25, 0.3) is 0 Å². The van der Waals surface area contributed by atoms with E-state index >= 15 is 0 Å². The minimum atomic E-state index is -1.07. The first-order chi connectivity index (χ1) is 16.2. The van der Waals surface area contributed by atoms with Crippen LogP contribution < -0.4 is 0 Å². The van der Waals surface area contributed by atoms with Crippen molar-refractivity contribution < 1.29 is 47.7 Å². The number of carboxylic acids is 2. The zero-order valence-electron chi connectivity index (χ0n) is 18.5. The molecule has 34 heavy (non-hydrogen) atoms. The Hall–Kier alpha value is -4.60. The molecule has 10 heteroatoms. The molecule has 0 aliphatic carbocycles. The minimum Gasteiger partial charge on any atom is -0.478 e. The molecule has 0 atom stereocenters. The third-order valence-electron chi connectivity index (χ3n) is 3.42. The molecule has 0 saturated carbocycles. The molecule has 10 nitrogen and oxygen atoms in total. The number of hydrogen-bond acceptors (Lipinski definition) is 8. The molecule has 0 fully saturated rings. The summed E-state index contributed by atoms with van der Waals surface area (Å²) < 4.78 is 19.9. The van der Waals surface area contributed by atoms with Crippen molar-refractivity contribution >= 4 is 48.2 Å². The van der Waals surface area contributed by atoms with Crippen LogP contribution >= 0.6 is 0 Å². The van der Waals surface area contributed by atoms with E-state index in [1.54, 1.807) is 38.1 Å². The zero-order chi connectivity index (χ0) is 25.3. The van der Waals surface area contributed by atoms with Crippen molar-refractivity contribution in [2.24, 2.45) is 0 Å². The second kappa shape index (κ2) is 15.2. The third kappa shape index (κ3) is 12.3. The summed E-state index contributed by atoms with van der Waals surface area (Å²) in [4.78, 5) is 42.5. The van der Waals surface area contributed by atoms with E-state index in [0.29, 0.717) is 36.3 Å². The van der Waals surface area contributed by atoms with Gasteiger partial charge in [-0.1, -0.05) is 0 Å². The van der Waals surface area contributed by atoms with Gasteiger partial charge >= 0.3 is 23.9 Å². The van der Waals surface area contributed by atoms with Gasteiger partial charge in [-0.2, -0.15) is 0 Å². The van der Waals surface area contributed by atoms with Crippen molar-refractivity contribution in [1.82, 2.24) is 0 Å². The average molecular weight is 472 g/mol. The first-order valence-corrected chi connectivity index (χ1v) is 9.94. The van der Waals surface area contributed by atoms with Gasteiger partial charge in [0, 0.05) is 24.3 Å². The Morgan fingerprint density at radius 3 is 1.21 bits per heavy atom. The highest BCUT2D eigenvalue weighted by atomic mass is 16.5. The molecular weight excluding hydrogens is 448 g/mol. The standard InChI is InChI=1S/C14H16O5.C10H8O5/c1-3-17-13(15)9-7-11-5-6-12(19-11)8-10-14(16)18-4-2;11-9(12)5-3-7-1-2-8(15-7)4-6-10(13)14/h5-10H,3-4H2,1-2H3;1-6H,(H,11,12)(H,13,14)/b9-7+,10-8+;5-3+,6-4+. The van der Waals surface area contributed by atoms with E-state index in [1.807, 2.05) is 0 Å². The van der Waals surface area contributed by atoms with Crippen LogP contribution in [0.25, 0.3) is 24.3 Å². The van der Waals surface area contributed by atoms with Gasteiger partial charge in [0.05, 0.1) is 13.2 Å². The highest BCUT2D eigenvalue weighted by Gasteiger charge is 2.00. The van der Waals surface area contributed by atoms with E-state index in [-0.39, 0.29) is 0 Å². The summed E-state index contributed by atoms with van der Waals surface area (Å²) >= 11 is 0. The van der Waals surface area contributed by atoms with Gasteiger partial charge in [-0.3, -0.25) is 0 Å². The fourth-order valence-electron chi connectivity index (χ4n) is 2.08. The highest BCUT2D eigenvalue weighted by molar-refractivity contribution is 5.88. The summed E-state index contributed by atoms with van der Waals surface area (Å²) in [6, 6.07) is 6.45. The van der Waals surface area contributed by atoms with Crippen LogP contribution in [0.5, 0.6) is 0 Å². The van der Waals surface area contributed by atoms with Crippen LogP contribution in [0, 0.1) is 0 Å². The molecule has 0 radical (unpaired) electrons. The smallest absolute Gasteiger partial charge is 0.330 e. The van der Waals surface area contributed by atoms with Gasteiger partial charge in [-0.15, -0.1) is 0 Å². The molecule has 0 aliphatic heterocycles. The molecule has 2 N–H and O–H groups in total. The number of esters is 2. The molecule has 0 amide bonds. The van der Waals surface area contributed by atoms with Gasteiger partial charge in [0.1, 0.15) is 23.0 Å². The van der Waals surface area contributed by atoms with Gasteiger partial charge in [-0.05, 0) is 62.4 Å². The Kier molecular flexibility index (Phi) is 12.3. The van der Waals surface area contributed by atoms with Crippen LogP contribution in [0.15, 0.2) is 57.4 Å². The summed E-state index contributed by atoms with van der Waals surface area (Å²) in [6.45, 7) is 4.12. The number of carbonyl (C=O) groups excluding carboxylic acids is 2. The largest absolute Gasteiger partial charge is 0.478 e. The monoisotopic (exact) mass is 472 g/mol. The fraction of sp³-hybridized carbons (Fsp3) is 0.167. The van der Waals surface area contributed by atoms with Crippen molar-refractivity contribution in [3.05, 3.63) is 71.6 Å². The molecule has 0 aliphatic rings. The predicted octanol–water partition coefficient (Wildman–Crippen LogP) is 3.91. The van der Waals surface area contributed by atoms with Crippen LogP contribution in [-0.2, 0) is 28.7 Å². The Bertz CT molecular complexity index is 998. The second-order valence-electron chi connectivity index (χ2n) is 5.99. The maximum Gasteiger partial charge on any atom is 0.330 e. The highest BCUT2D eigenvalue weighted by Crippen LogP contribution is 2.12. The number of rotatable bonds is 10. The Morgan fingerprint density at radius 2 is 0.941 bits per heavy atom. The van der Waals surface area contributed by atoms with Gasteiger partial charge < -0.3 is 28.5 Å². The Balaban J connectivity index is 0.000000350. The second-order valence-corrected chi connectivity index (χ2v) is 5.99. The lowest BCUT2D eigenvalue weighted by Gasteiger charge is -1.94. The normalized spacial score (nSPS) is 11.1. The molecular formula is C24H24O10. The summed E-state index contributed by atoms with van der Waals surface area (Å²) in [5.74, 6) is -1.31. The fourth-order valence-corrected chi connectivity index (χ4v) is 2.08. The topological polar surface area (TPSA) is 153 Å². The van der Waals surface area contributed by atoms with Crippen LogP contribution in [0.3, 0.4) is 0 Å². The van der Waals surface area contributed by atoms with Crippen LogP contribution in [-0.4, -0.2) is 47.3 Å². The van der Waals surface area contributed by atoms with Crippen molar-refractivity contribution in [1.29, 1.82) is 0 Å². The zero-order valence-corrected chi connectivity index (χ0v) is 18.5. The Labute approximate surface area is 195 Å². The van der Waals surface area contributed by atoms with Crippen LogP contribution in [0.4, 0.5) is 0 Å². The van der Waals surface area contributed by atoms with E-state index in [0.717, 1.165) is 12.2 Å². The minimum absolute atomic E-state index is 0.328. The van der Waals surface area contributed by atoms with Crippen molar-refractivity contribution in [3.8, 4) is 0 Å². The van der Waals surface area contributed by atoms with E-state index in [9.17, 15) is 19.2 Å². The molecule has 2 heterocycles. The lowest BCUT2D eigenvalue weighted by Crippen LogP contribution is -1.98. The summed E-state index contributed by atoms with van der Waals surface area (Å²) in [5, 5.41) is 16.7. The summed E-state index contributed by atoms with van der Waals surface area (Å²) in [5.41, 5.74) is 0. The van der Waals surface area contributed by atoms with Gasteiger partial charge in [0.2, 0.25) is 0 Å². The molecule has 2 rings (SSSR count). The van der Waals surface area contributed by atoms with Gasteiger partial charge in [0.15, 0.2) is 0 Å². The van der Waals surface area contributed by atoms with E-state index in [2.05, 4.69) is 0 Å². The maximum atomic E-state index is 11.1. The van der Waals surface area contributed by atoms with E-state index in [4.69, 9.17) is 28.5 Å². The number of aliphatic carboxylic acids is 2. The first-order valence-electron chi connectivity index (χ1n) is 9.94. The molecule has 2 aromatic heterocycles. The lowest BCUT2D eigenvalue weighted by molar-refractivity contribution is -0.138. The quantitative estimate of drug-likeness (QED) is 0.384. The lowest BCUT2D eigenvalue weighted by atomic mass is 10.3. The van der Waals surface area contributed by atoms with Crippen molar-refractivity contribution in [2.45, 2.75) is 13.8 Å². The van der Waals surface area contributed by atoms with E-state index < -0.39 is 23.9 Å². The summed E-state index contributed by atoms with van der Waals surface area (Å²) in [7, 11) is 0. The van der Waals surface area contributed by atoms with Crippen LogP contribution in [0.2, 0.25) is 0 Å². The molecule has 0 aromatic carbocycles. The van der Waals surface area contributed by atoms with Crippen molar-refractivity contribution in [2.75, 3.05) is 13.2 Å². The number of furan rings is 2. The van der Waals surface area contributed by atoms with Gasteiger partial charge in [-0.25, -0.2) is 19.2 Å². The molecule has 0 unspecified atom stereocenters. The summed E-state index contributed by atoms with van der Waals surface area (Å²) in [6.07, 6.45) is 9.98. The maximum absolute atomic E-state index is 11.1. The van der Waals surface area contributed by atoms with Crippen molar-refractivity contribution in [3.63, 3.8) is 0 Å². The van der Waals surface area contributed by atoms with E-state index in [1.165, 1.54) is 36.5 Å². The first kappa shape index (κ1) is 27.4. The number of carbonyl (C=O) groups is 4. The number of ether oxygens (including phenoxy) is 2. The molecule has 0 spiro atoms. The molecule has 0 saturated heterocycles. The molecule has 2 aromatic rings.